The first-order valence-electron chi connectivity index (χ1n) is 6.26. The van der Waals surface area contributed by atoms with Crippen LogP contribution in [0.25, 0.3) is 10.4 Å². The van der Waals surface area contributed by atoms with E-state index in [2.05, 4.69) is 43.1 Å². The molecular formula is C15H18N2OS. The molecule has 1 aromatic carbocycles. The molecule has 0 aliphatic rings. The molecule has 0 bridgehead atoms. The molecule has 0 fully saturated rings. The number of nitrogens with zero attached hydrogens (tertiary/aromatic N) is 2. The maximum atomic E-state index is 12.0. The summed E-state index contributed by atoms with van der Waals surface area (Å²) < 4.78 is 0. The smallest absolute Gasteiger partial charge is 0.273 e. The number of carbonyl (C=O) groups excluding carboxylic acids is 1. The number of hydrogen-bond donors (Lipinski definition) is 0. The Morgan fingerprint density at radius 2 is 1.84 bits per heavy atom. The van der Waals surface area contributed by atoms with Crippen molar-refractivity contribution in [2.75, 3.05) is 14.1 Å². The number of amides is 1. The van der Waals surface area contributed by atoms with Gasteiger partial charge in [-0.15, -0.1) is 11.3 Å². The van der Waals surface area contributed by atoms with Gasteiger partial charge in [-0.25, -0.2) is 4.98 Å². The Bertz CT molecular complexity index is 570. The fourth-order valence-corrected chi connectivity index (χ4v) is 2.62. The van der Waals surface area contributed by atoms with Crippen LogP contribution in [0.15, 0.2) is 29.8 Å². The van der Waals surface area contributed by atoms with Gasteiger partial charge in [0.2, 0.25) is 0 Å². The standard InChI is InChI=1S/C15H18N2OS/c1-10(2)11-5-7-12(8-6-11)14-13(16-9-19-14)15(18)17(3)4/h5-10H,1-4H3. The molecule has 0 atom stereocenters. The molecule has 3 nitrogen and oxygen atoms in total. The number of hydrogen-bond acceptors (Lipinski definition) is 3. The normalized spacial score (nSPS) is 10.8. The average Bonchev–Trinajstić information content (AvgIpc) is 2.86. The average molecular weight is 274 g/mol. The molecule has 0 saturated carbocycles. The second-order valence-electron chi connectivity index (χ2n) is 5.01. The third-order valence-electron chi connectivity index (χ3n) is 3.02. The molecule has 0 N–H and O–H groups in total. The summed E-state index contributed by atoms with van der Waals surface area (Å²) >= 11 is 1.50. The summed E-state index contributed by atoms with van der Waals surface area (Å²) in [5, 5.41) is 0. The summed E-state index contributed by atoms with van der Waals surface area (Å²) in [5.41, 5.74) is 4.61. The van der Waals surface area contributed by atoms with Gasteiger partial charge < -0.3 is 4.90 Å². The van der Waals surface area contributed by atoms with Gasteiger partial charge in [-0.2, -0.15) is 0 Å². The van der Waals surface area contributed by atoms with Gasteiger partial charge in [0.1, 0.15) is 5.69 Å². The van der Waals surface area contributed by atoms with Gasteiger partial charge in [-0.05, 0) is 17.0 Å². The predicted octanol–water partition coefficient (Wildman–Crippen LogP) is 3.64. The highest BCUT2D eigenvalue weighted by molar-refractivity contribution is 7.13. The zero-order valence-electron chi connectivity index (χ0n) is 11.7. The van der Waals surface area contributed by atoms with Crippen LogP contribution < -0.4 is 0 Å². The molecule has 1 heterocycles. The first kappa shape index (κ1) is 13.7. The molecule has 2 rings (SSSR count). The van der Waals surface area contributed by atoms with Gasteiger partial charge in [-0.3, -0.25) is 4.79 Å². The van der Waals surface area contributed by atoms with Gasteiger partial charge in [0.15, 0.2) is 0 Å². The summed E-state index contributed by atoms with van der Waals surface area (Å²) in [4.78, 5) is 18.7. The lowest BCUT2D eigenvalue weighted by atomic mass is 10.0. The fraction of sp³-hybridized carbons (Fsp3) is 0.333. The maximum absolute atomic E-state index is 12.0. The van der Waals surface area contributed by atoms with E-state index in [4.69, 9.17) is 0 Å². The fourth-order valence-electron chi connectivity index (χ4n) is 1.83. The molecule has 0 unspecified atom stereocenters. The van der Waals surface area contributed by atoms with Gasteiger partial charge in [-0.1, -0.05) is 38.1 Å². The number of benzene rings is 1. The molecule has 0 spiro atoms. The van der Waals surface area contributed by atoms with E-state index in [9.17, 15) is 4.79 Å². The van der Waals surface area contributed by atoms with Crippen LogP contribution in [0.2, 0.25) is 0 Å². The lowest BCUT2D eigenvalue weighted by Crippen LogP contribution is -2.22. The van der Waals surface area contributed by atoms with Crippen LogP contribution in [0.4, 0.5) is 0 Å². The third kappa shape index (κ3) is 2.84. The third-order valence-corrected chi connectivity index (χ3v) is 3.89. The molecule has 1 aromatic heterocycles. The van der Waals surface area contributed by atoms with E-state index in [0.29, 0.717) is 11.6 Å². The Labute approximate surface area is 117 Å². The van der Waals surface area contributed by atoms with E-state index >= 15 is 0 Å². The minimum Gasteiger partial charge on any atom is -0.343 e. The van der Waals surface area contributed by atoms with Crippen LogP contribution in [0.1, 0.15) is 35.8 Å². The van der Waals surface area contributed by atoms with Crippen molar-refractivity contribution < 1.29 is 4.79 Å². The molecular weight excluding hydrogens is 256 g/mol. The minimum absolute atomic E-state index is 0.0517. The molecule has 19 heavy (non-hydrogen) atoms. The van der Waals surface area contributed by atoms with Crippen molar-refractivity contribution in [1.29, 1.82) is 0 Å². The van der Waals surface area contributed by atoms with E-state index in [-0.39, 0.29) is 5.91 Å². The van der Waals surface area contributed by atoms with Crippen molar-refractivity contribution in [3.8, 4) is 10.4 Å². The molecule has 0 saturated heterocycles. The lowest BCUT2D eigenvalue weighted by Gasteiger charge is -2.10. The Kier molecular flexibility index (Phi) is 4.00. The SMILES string of the molecule is CC(C)c1ccc(-c2scnc2C(=O)N(C)C)cc1. The predicted molar refractivity (Wildman–Crippen MR) is 79.7 cm³/mol. The van der Waals surface area contributed by atoms with Crippen molar-refractivity contribution in [3.05, 3.63) is 41.0 Å². The molecule has 100 valence electrons. The Hall–Kier alpha value is -1.68. The molecule has 1 amide bonds. The topological polar surface area (TPSA) is 33.2 Å². The highest BCUT2D eigenvalue weighted by Crippen LogP contribution is 2.29. The van der Waals surface area contributed by atoms with Crippen LogP contribution in [-0.4, -0.2) is 29.9 Å². The number of carbonyl (C=O) groups is 1. The molecule has 2 aromatic rings. The van der Waals surface area contributed by atoms with Crippen LogP contribution in [0.5, 0.6) is 0 Å². The highest BCUT2D eigenvalue weighted by atomic mass is 32.1. The van der Waals surface area contributed by atoms with Crippen LogP contribution in [0, 0.1) is 0 Å². The van der Waals surface area contributed by atoms with E-state index in [1.165, 1.54) is 16.9 Å². The molecule has 4 heteroatoms. The van der Waals surface area contributed by atoms with Gasteiger partial charge in [0.25, 0.3) is 5.91 Å². The summed E-state index contributed by atoms with van der Waals surface area (Å²) in [6.45, 7) is 4.34. The van der Waals surface area contributed by atoms with Crippen LogP contribution in [-0.2, 0) is 0 Å². The van der Waals surface area contributed by atoms with E-state index in [1.807, 2.05) is 0 Å². The van der Waals surface area contributed by atoms with Crippen LogP contribution in [0.3, 0.4) is 0 Å². The number of thiazole rings is 1. The van der Waals surface area contributed by atoms with Crippen molar-refractivity contribution >= 4 is 17.2 Å². The summed E-state index contributed by atoms with van der Waals surface area (Å²) in [6, 6.07) is 8.36. The molecule has 0 aliphatic heterocycles. The summed E-state index contributed by atoms with van der Waals surface area (Å²) in [7, 11) is 3.49. The molecule has 0 aliphatic carbocycles. The quantitative estimate of drug-likeness (QED) is 0.856. The Balaban J connectivity index is 2.37. The van der Waals surface area contributed by atoms with Gasteiger partial charge >= 0.3 is 0 Å². The first-order chi connectivity index (χ1) is 9.00. The van der Waals surface area contributed by atoms with Gasteiger partial charge in [0.05, 0.1) is 10.4 Å². The monoisotopic (exact) mass is 274 g/mol. The largest absolute Gasteiger partial charge is 0.343 e. The van der Waals surface area contributed by atoms with E-state index < -0.39 is 0 Å². The number of rotatable bonds is 3. The Morgan fingerprint density at radius 3 is 2.37 bits per heavy atom. The second-order valence-corrected chi connectivity index (χ2v) is 5.86. The van der Waals surface area contributed by atoms with Crippen molar-refractivity contribution in [2.45, 2.75) is 19.8 Å². The number of aromatic nitrogens is 1. The zero-order valence-corrected chi connectivity index (χ0v) is 12.5. The zero-order chi connectivity index (χ0) is 14.0. The lowest BCUT2D eigenvalue weighted by molar-refractivity contribution is 0.0823. The van der Waals surface area contributed by atoms with Gasteiger partial charge in [0, 0.05) is 14.1 Å². The van der Waals surface area contributed by atoms with E-state index in [0.717, 1.165) is 10.4 Å². The maximum Gasteiger partial charge on any atom is 0.273 e. The van der Waals surface area contributed by atoms with Crippen molar-refractivity contribution in [1.82, 2.24) is 9.88 Å². The first-order valence-corrected chi connectivity index (χ1v) is 7.14. The summed E-state index contributed by atoms with van der Waals surface area (Å²) in [5.74, 6) is 0.461. The van der Waals surface area contributed by atoms with E-state index in [1.54, 1.807) is 24.5 Å². The second kappa shape index (κ2) is 5.53. The molecule has 0 radical (unpaired) electrons. The van der Waals surface area contributed by atoms with Crippen LogP contribution >= 0.6 is 11.3 Å². The summed E-state index contributed by atoms with van der Waals surface area (Å²) in [6.07, 6.45) is 0. The minimum atomic E-state index is -0.0517. The van der Waals surface area contributed by atoms with Crippen molar-refractivity contribution in [2.24, 2.45) is 0 Å². The Morgan fingerprint density at radius 1 is 1.21 bits per heavy atom. The highest BCUT2D eigenvalue weighted by Gasteiger charge is 2.17. The van der Waals surface area contributed by atoms with Crippen molar-refractivity contribution in [3.63, 3.8) is 0 Å².